The van der Waals surface area contributed by atoms with Crippen molar-refractivity contribution in [1.29, 1.82) is 0 Å². The zero-order valence-electron chi connectivity index (χ0n) is 28.9. The summed E-state index contributed by atoms with van der Waals surface area (Å²) in [5.41, 5.74) is 6.19. The normalized spacial score (nSPS) is 23.0. The Bertz CT molecular complexity index is 1300. The van der Waals surface area contributed by atoms with Crippen LogP contribution in [-0.4, -0.2) is 92.8 Å². The summed E-state index contributed by atoms with van der Waals surface area (Å²) in [6, 6.07) is 13.7. The van der Waals surface area contributed by atoms with Gasteiger partial charge in [-0.1, -0.05) is 44.5 Å². The lowest BCUT2D eigenvalue weighted by atomic mass is 9.82. The highest BCUT2D eigenvalue weighted by Gasteiger charge is 2.38. The predicted molar refractivity (Wildman–Crippen MR) is 185 cm³/mol. The van der Waals surface area contributed by atoms with E-state index in [0.717, 1.165) is 114 Å². The maximum atomic E-state index is 14.0. The lowest BCUT2D eigenvalue weighted by Gasteiger charge is -2.41. The number of hydrogen-bond acceptors (Lipinski definition) is 6. The molecule has 0 aliphatic carbocycles. The summed E-state index contributed by atoms with van der Waals surface area (Å²) in [6.45, 7) is 18.7. The van der Waals surface area contributed by atoms with Gasteiger partial charge in [-0.3, -0.25) is 14.5 Å². The van der Waals surface area contributed by atoms with Gasteiger partial charge >= 0.3 is 0 Å². The molecule has 252 valence electrons. The second kappa shape index (κ2) is 16.2. The fourth-order valence-electron chi connectivity index (χ4n) is 7.59. The Hall–Kier alpha value is -2.94. The van der Waals surface area contributed by atoms with Crippen molar-refractivity contribution in [1.82, 2.24) is 15.1 Å². The summed E-state index contributed by atoms with van der Waals surface area (Å²) < 4.78 is 11.2. The number of nitrogens with zero attached hydrogens (tertiary/aromatic N) is 3. The molecule has 0 spiro atoms. The molecule has 3 atom stereocenters. The van der Waals surface area contributed by atoms with E-state index in [0.29, 0.717) is 18.2 Å². The molecule has 2 amide bonds. The fourth-order valence-corrected chi connectivity index (χ4v) is 7.59. The highest BCUT2D eigenvalue weighted by molar-refractivity contribution is 5.99. The molecule has 3 aliphatic rings. The van der Waals surface area contributed by atoms with Gasteiger partial charge in [-0.15, -0.1) is 0 Å². The summed E-state index contributed by atoms with van der Waals surface area (Å²) >= 11 is 0. The third-order valence-electron chi connectivity index (χ3n) is 10.5. The van der Waals surface area contributed by atoms with E-state index in [2.05, 4.69) is 80.1 Å². The lowest BCUT2D eigenvalue weighted by molar-refractivity contribution is -0.143. The molecule has 5 rings (SSSR count). The van der Waals surface area contributed by atoms with E-state index in [1.807, 2.05) is 11.0 Å². The molecule has 8 heteroatoms. The van der Waals surface area contributed by atoms with E-state index in [1.165, 1.54) is 5.56 Å². The Morgan fingerprint density at radius 3 is 2.35 bits per heavy atom. The predicted octanol–water partition coefficient (Wildman–Crippen LogP) is 5.90. The van der Waals surface area contributed by atoms with Gasteiger partial charge in [0.2, 0.25) is 5.91 Å². The molecule has 8 nitrogen and oxygen atoms in total. The number of amides is 2. The number of piperidine rings is 1. The average molecular weight is 633 g/mol. The van der Waals surface area contributed by atoms with Gasteiger partial charge in [0.15, 0.2) is 0 Å². The SMILES string of the molecule is CCCCN1C(=O)C(CNC(=O)c2cc(-c3ccc(CN4CCOCC4)cc3)cc(N(CC)C3CCOCC3)c2C)C(C)CC1C. The quantitative estimate of drug-likeness (QED) is 0.314. The van der Waals surface area contributed by atoms with Crippen LogP contribution in [0.3, 0.4) is 0 Å². The molecule has 0 saturated carbocycles. The average Bonchev–Trinajstić information content (AvgIpc) is 3.07. The van der Waals surface area contributed by atoms with Gasteiger partial charge in [-0.25, -0.2) is 0 Å². The van der Waals surface area contributed by atoms with Crippen molar-refractivity contribution in [2.75, 3.05) is 64.1 Å². The van der Waals surface area contributed by atoms with Crippen LogP contribution < -0.4 is 10.2 Å². The van der Waals surface area contributed by atoms with Crippen LogP contribution >= 0.6 is 0 Å². The molecule has 46 heavy (non-hydrogen) atoms. The van der Waals surface area contributed by atoms with Crippen molar-refractivity contribution in [2.24, 2.45) is 11.8 Å². The topological polar surface area (TPSA) is 74.4 Å². The van der Waals surface area contributed by atoms with Gasteiger partial charge < -0.3 is 24.6 Å². The number of likely N-dealkylation sites (tertiary alicyclic amines) is 1. The molecule has 3 fully saturated rings. The van der Waals surface area contributed by atoms with Crippen molar-refractivity contribution >= 4 is 17.5 Å². The molecule has 1 N–H and O–H groups in total. The summed E-state index contributed by atoms with van der Waals surface area (Å²) in [5.74, 6) is 0.100. The number of anilines is 1. The third-order valence-corrected chi connectivity index (χ3v) is 10.5. The largest absolute Gasteiger partial charge is 0.381 e. The first-order valence-electron chi connectivity index (χ1n) is 17.8. The summed E-state index contributed by atoms with van der Waals surface area (Å²) in [6.07, 6.45) is 4.98. The Morgan fingerprint density at radius 2 is 1.67 bits per heavy atom. The van der Waals surface area contributed by atoms with Crippen molar-refractivity contribution in [3.05, 3.63) is 53.1 Å². The van der Waals surface area contributed by atoms with Crippen LogP contribution in [0.15, 0.2) is 36.4 Å². The van der Waals surface area contributed by atoms with Crippen molar-refractivity contribution in [2.45, 2.75) is 85.4 Å². The van der Waals surface area contributed by atoms with E-state index in [1.54, 1.807) is 0 Å². The molecule has 0 radical (unpaired) electrons. The molecule has 3 unspecified atom stereocenters. The molecule has 3 heterocycles. The van der Waals surface area contributed by atoms with Crippen molar-refractivity contribution < 1.29 is 19.1 Å². The van der Waals surface area contributed by atoms with Gasteiger partial charge in [-0.2, -0.15) is 0 Å². The molecule has 0 aromatic heterocycles. The number of ether oxygens (including phenoxy) is 2. The Labute approximate surface area is 276 Å². The highest BCUT2D eigenvalue weighted by atomic mass is 16.5. The lowest BCUT2D eigenvalue weighted by Crippen LogP contribution is -2.53. The third kappa shape index (κ3) is 8.12. The first-order chi connectivity index (χ1) is 22.3. The molecule has 3 aliphatic heterocycles. The van der Waals surface area contributed by atoms with Gasteiger partial charge in [0.1, 0.15) is 0 Å². The van der Waals surface area contributed by atoms with E-state index in [-0.39, 0.29) is 29.7 Å². The fraction of sp³-hybridized carbons (Fsp3) is 0.632. The molecule has 0 bridgehead atoms. The molecule has 2 aromatic carbocycles. The summed E-state index contributed by atoms with van der Waals surface area (Å²) in [4.78, 5) is 34.5. The number of carbonyl (C=O) groups is 2. The van der Waals surface area contributed by atoms with Crippen LogP contribution in [0, 0.1) is 18.8 Å². The van der Waals surface area contributed by atoms with Gasteiger partial charge in [0.25, 0.3) is 5.91 Å². The van der Waals surface area contributed by atoms with Crippen LogP contribution in [-0.2, 0) is 20.8 Å². The van der Waals surface area contributed by atoms with E-state index >= 15 is 0 Å². The molecule has 2 aromatic rings. The second-order valence-corrected chi connectivity index (χ2v) is 13.6. The van der Waals surface area contributed by atoms with E-state index < -0.39 is 0 Å². The van der Waals surface area contributed by atoms with E-state index in [9.17, 15) is 9.59 Å². The standard InChI is InChI=1S/C38H56N4O4/c1-6-8-15-42-28(4)22-27(3)35(38(42)44)25-39-37(43)34-23-32(24-36(29(34)5)41(7-2)33-13-18-45-19-14-33)31-11-9-30(10-12-31)26-40-16-20-46-21-17-40/h9-12,23-24,27-28,33,35H,6-8,13-22,25-26H2,1-5H3,(H,39,43). The zero-order valence-corrected chi connectivity index (χ0v) is 28.9. The Morgan fingerprint density at radius 1 is 0.978 bits per heavy atom. The maximum absolute atomic E-state index is 14.0. The van der Waals surface area contributed by atoms with Crippen molar-refractivity contribution in [3.8, 4) is 11.1 Å². The van der Waals surface area contributed by atoms with Crippen LogP contribution in [0.25, 0.3) is 11.1 Å². The number of carbonyl (C=O) groups excluding carboxylic acids is 2. The second-order valence-electron chi connectivity index (χ2n) is 13.6. The minimum absolute atomic E-state index is 0.105. The van der Waals surface area contributed by atoms with Gasteiger partial charge in [0.05, 0.1) is 19.1 Å². The smallest absolute Gasteiger partial charge is 0.251 e. The van der Waals surface area contributed by atoms with Crippen LogP contribution in [0.5, 0.6) is 0 Å². The van der Waals surface area contributed by atoms with E-state index in [4.69, 9.17) is 9.47 Å². The number of hydrogen-bond donors (Lipinski definition) is 1. The minimum atomic E-state index is -0.201. The summed E-state index contributed by atoms with van der Waals surface area (Å²) in [7, 11) is 0. The maximum Gasteiger partial charge on any atom is 0.251 e. The summed E-state index contributed by atoms with van der Waals surface area (Å²) in [5, 5.41) is 3.22. The molecule has 3 saturated heterocycles. The molecular weight excluding hydrogens is 576 g/mol. The van der Waals surface area contributed by atoms with Crippen LogP contribution in [0.4, 0.5) is 5.69 Å². The number of rotatable bonds is 12. The number of morpholine rings is 1. The van der Waals surface area contributed by atoms with Crippen molar-refractivity contribution in [3.63, 3.8) is 0 Å². The van der Waals surface area contributed by atoms with Crippen LogP contribution in [0.2, 0.25) is 0 Å². The van der Waals surface area contributed by atoms with Gasteiger partial charge in [-0.05, 0) is 86.8 Å². The molecular formula is C38H56N4O4. The minimum Gasteiger partial charge on any atom is -0.381 e. The van der Waals surface area contributed by atoms with Crippen LogP contribution in [0.1, 0.15) is 81.3 Å². The first-order valence-corrected chi connectivity index (χ1v) is 17.8. The number of unbranched alkanes of at least 4 members (excludes halogenated alkanes) is 1. The highest BCUT2D eigenvalue weighted by Crippen LogP contribution is 2.35. The van der Waals surface area contributed by atoms with Gasteiger partial charge in [0, 0.05) is 75.8 Å². The number of benzene rings is 2. The zero-order chi connectivity index (χ0) is 32.6. The monoisotopic (exact) mass is 632 g/mol. The Kier molecular flexibility index (Phi) is 12.2. The Balaban J connectivity index is 1.41. The number of nitrogens with one attached hydrogen (secondary N) is 1. The first kappa shape index (κ1) is 34.4.